The molecule has 0 aliphatic carbocycles. The number of aromatic nitrogens is 2. The lowest BCUT2D eigenvalue weighted by atomic mass is 10.1. The van der Waals surface area contributed by atoms with Crippen LogP contribution < -0.4 is 10.6 Å². The molecule has 0 radical (unpaired) electrons. The summed E-state index contributed by atoms with van der Waals surface area (Å²) in [6.07, 6.45) is 1.51. The molecule has 1 aromatic carbocycles. The zero-order valence-electron chi connectivity index (χ0n) is 11.2. The topological polar surface area (TPSA) is 90.0 Å². The highest BCUT2D eigenvalue weighted by atomic mass is 19.2. The van der Waals surface area contributed by atoms with Gasteiger partial charge in [-0.2, -0.15) is 5.10 Å². The summed E-state index contributed by atoms with van der Waals surface area (Å²) in [5.41, 5.74) is 0.560. The molecule has 0 saturated heterocycles. The minimum atomic E-state index is -1.61. The third-order valence-corrected chi connectivity index (χ3v) is 2.89. The van der Waals surface area contributed by atoms with Crippen molar-refractivity contribution in [2.24, 2.45) is 0 Å². The van der Waals surface area contributed by atoms with E-state index in [1.807, 2.05) is 0 Å². The van der Waals surface area contributed by atoms with Crippen LogP contribution in [0.2, 0.25) is 0 Å². The van der Waals surface area contributed by atoms with E-state index in [1.54, 1.807) is 6.07 Å². The largest absolute Gasteiger partial charge is 0.394 e. The average molecular weight is 314 g/mol. The summed E-state index contributed by atoms with van der Waals surface area (Å²) in [7, 11) is 0. The molecule has 1 atom stereocenters. The first kappa shape index (κ1) is 15.8. The maximum atomic E-state index is 13.2. The van der Waals surface area contributed by atoms with Gasteiger partial charge in [-0.05, 0) is 23.8 Å². The summed E-state index contributed by atoms with van der Waals surface area (Å²) in [6, 6.07) is 1.34. The standard InChI is InChI=1S/C13H13F3N4O2/c14-9-3-7(4-10(15)12(9)16)11(6-21)19-13(22)17-5-8-1-2-18-20-8/h1-4,11,21H,5-6H2,(H,18,20)(H2,17,19,22). The van der Waals surface area contributed by atoms with Gasteiger partial charge in [-0.3, -0.25) is 5.10 Å². The van der Waals surface area contributed by atoms with Crippen LogP contribution in [-0.2, 0) is 6.54 Å². The van der Waals surface area contributed by atoms with Crippen LogP contribution in [0, 0.1) is 17.5 Å². The van der Waals surface area contributed by atoms with Gasteiger partial charge in [0.2, 0.25) is 0 Å². The number of hydrogen-bond donors (Lipinski definition) is 4. The molecular weight excluding hydrogens is 301 g/mol. The molecule has 2 amide bonds. The Hall–Kier alpha value is -2.55. The van der Waals surface area contributed by atoms with Crippen LogP contribution in [-0.4, -0.2) is 27.9 Å². The van der Waals surface area contributed by atoms with Crippen LogP contribution in [0.1, 0.15) is 17.3 Å². The lowest BCUT2D eigenvalue weighted by Gasteiger charge is -2.17. The van der Waals surface area contributed by atoms with Crippen LogP contribution in [0.15, 0.2) is 24.4 Å². The molecule has 1 heterocycles. The van der Waals surface area contributed by atoms with Gasteiger partial charge in [0, 0.05) is 6.20 Å². The first-order valence-electron chi connectivity index (χ1n) is 6.29. The predicted octanol–water partition coefficient (Wildman–Crippen LogP) is 1.36. The number of aliphatic hydroxyl groups excluding tert-OH is 1. The number of H-pyrrole nitrogens is 1. The molecule has 1 aromatic heterocycles. The highest BCUT2D eigenvalue weighted by molar-refractivity contribution is 5.74. The molecule has 2 rings (SSSR count). The quantitative estimate of drug-likeness (QED) is 0.628. The molecule has 0 spiro atoms. The van der Waals surface area contributed by atoms with Crippen molar-refractivity contribution in [1.29, 1.82) is 0 Å². The van der Waals surface area contributed by atoms with Crippen LogP contribution >= 0.6 is 0 Å². The number of nitrogens with one attached hydrogen (secondary N) is 3. The summed E-state index contributed by atoms with van der Waals surface area (Å²) in [5.74, 6) is -4.40. The molecule has 0 bridgehead atoms. The Labute approximate surface area is 123 Å². The summed E-state index contributed by atoms with van der Waals surface area (Å²) in [5, 5.41) is 20.4. The summed E-state index contributed by atoms with van der Waals surface area (Å²) < 4.78 is 39.2. The Bertz CT molecular complexity index is 626. The summed E-state index contributed by atoms with van der Waals surface area (Å²) in [4.78, 5) is 11.7. The van der Waals surface area contributed by atoms with Crippen molar-refractivity contribution >= 4 is 6.03 Å². The molecule has 0 aliphatic rings. The number of benzene rings is 1. The number of rotatable bonds is 5. The van der Waals surface area contributed by atoms with Crippen LogP contribution in [0.3, 0.4) is 0 Å². The van der Waals surface area contributed by atoms with E-state index in [4.69, 9.17) is 0 Å². The second kappa shape index (κ2) is 6.94. The lowest BCUT2D eigenvalue weighted by molar-refractivity contribution is 0.216. The molecule has 118 valence electrons. The third kappa shape index (κ3) is 3.76. The Morgan fingerprint density at radius 1 is 1.32 bits per heavy atom. The van der Waals surface area contributed by atoms with E-state index in [1.165, 1.54) is 6.20 Å². The predicted molar refractivity (Wildman–Crippen MR) is 70.1 cm³/mol. The third-order valence-electron chi connectivity index (χ3n) is 2.89. The number of amides is 2. The summed E-state index contributed by atoms with van der Waals surface area (Å²) in [6.45, 7) is -0.460. The van der Waals surface area contributed by atoms with Crippen molar-refractivity contribution in [1.82, 2.24) is 20.8 Å². The number of aromatic amines is 1. The number of halogens is 3. The summed E-state index contributed by atoms with van der Waals surface area (Å²) >= 11 is 0. The second-order valence-corrected chi connectivity index (χ2v) is 4.44. The number of urea groups is 1. The van der Waals surface area contributed by atoms with Crippen molar-refractivity contribution in [2.45, 2.75) is 12.6 Å². The van der Waals surface area contributed by atoms with Crippen molar-refractivity contribution in [2.75, 3.05) is 6.61 Å². The van der Waals surface area contributed by atoms with Gasteiger partial charge < -0.3 is 15.7 Å². The van der Waals surface area contributed by atoms with E-state index in [0.717, 1.165) is 0 Å². The van der Waals surface area contributed by atoms with E-state index in [9.17, 15) is 23.1 Å². The minimum Gasteiger partial charge on any atom is -0.394 e. The highest BCUT2D eigenvalue weighted by Crippen LogP contribution is 2.19. The van der Waals surface area contributed by atoms with Gasteiger partial charge in [-0.15, -0.1) is 0 Å². The van der Waals surface area contributed by atoms with Gasteiger partial charge in [0.1, 0.15) is 0 Å². The fraction of sp³-hybridized carbons (Fsp3) is 0.231. The molecule has 0 fully saturated rings. The normalized spacial score (nSPS) is 12.0. The Balaban J connectivity index is 2.01. The molecule has 1 unspecified atom stereocenters. The highest BCUT2D eigenvalue weighted by Gasteiger charge is 2.18. The van der Waals surface area contributed by atoms with Crippen LogP contribution in [0.4, 0.5) is 18.0 Å². The Kier molecular flexibility index (Phi) is 4.99. The molecule has 0 aliphatic heterocycles. The van der Waals surface area contributed by atoms with E-state index >= 15 is 0 Å². The number of carbonyl (C=O) groups is 1. The van der Waals surface area contributed by atoms with Crippen LogP contribution in [0.25, 0.3) is 0 Å². The van der Waals surface area contributed by atoms with E-state index in [0.29, 0.717) is 17.8 Å². The fourth-order valence-corrected chi connectivity index (χ4v) is 1.78. The maximum Gasteiger partial charge on any atom is 0.315 e. The van der Waals surface area contributed by atoms with Gasteiger partial charge in [0.15, 0.2) is 17.5 Å². The number of aliphatic hydroxyl groups is 1. The number of nitrogens with zero attached hydrogens (tertiary/aromatic N) is 1. The maximum absolute atomic E-state index is 13.2. The van der Waals surface area contributed by atoms with Gasteiger partial charge in [0.05, 0.1) is 24.9 Å². The van der Waals surface area contributed by atoms with Crippen molar-refractivity contribution in [3.63, 3.8) is 0 Å². The SMILES string of the molecule is O=C(NCc1ccn[nH]1)NC(CO)c1cc(F)c(F)c(F)c1. The van der Waals surface area contributed by atoms with Crippen molar-refractivity contribution in [3.05, 3.63) is 53.1 Å². The minimum absolute atomic E-state index is 0.0874. The van der Waals surface area contributed by atoms with Crippen molar-refractivity contribution in [3.8, 4) is 0 Å². The molecule has 22 heavy (non-hydrogen) atoms. The molecule has 0 saturated carbocycles. The number of hydrogen-bond acceptors (Lipinski definition) is 3. The van der Waals surface area contributed by atoms with E-state index in [-0.39, 0.29) is 12.1 Å². The molecule has 4 N–H and O–H groups in total. The van der Waals surface area contributed by atoms with Gasteiger partial charge in [-0.25, -0.2) is 18.0 Å². The first-order chi connectivity index (χ1) is 10.5. The number of carbonyl (C=O) groups excluding carboxylic acids is 1. The monoisotopic (exact) mass is 314 g/mol. The smallest absolute Gasteiger partial charge is 0.315 e. The average Bonchev–Trinajstić information content (AvgIpc) is 3.01. The van der Waals surface area contributed by atoms with Gasteiger partial charge in [0.25, 0.3) is 0 Å². The van der Waals surface area contributed by atoms with Crippen molar-refractivity contribution < 1.29 is 23.1 Å². The second-order valence-electron chi connectivity index (χ2n) is 4.44. The van der Waals surface area contributed by atoms with Gasteiger partial charge in [-0.1, -0.05) is 0 Å². The zero-order valence-corrected chi connectivity index (χ0v) is 11.2. The molecular formula is C13H13F3N4O2. The Morgan fingerprint density at radius 3 is 2.55 bits per heavy atom. The van der Waals surface area contributed by atoms with Gasteiger partial charge >= 0.3 is 6.03 Å². The fourth-order valence-electron chi connectivity index (χ4n) is 1.78. The van der Waals surface area contributed by atoms with E-state index in [2.05, 4.69) is 20.8 Å². The molecule has 6 nitrogen and oxygen atoms in total. The lowest BCUT2D eigenvalue weighted by Crippen LogP contribution is -2.39. The van der Waals surface area contributed by atoms with Crippen LogP contribution in [0.5, 0.6) is 0 Å². The zero-order chi connectivity index (χ0) is 16.1. The first-order valence-corrected chi connectivity index (χ1v) is 6.29. The molecule has 2 aromatic rings. The Morgan fingerprint density at radius 2 is 2.00 bits per heavy atom. The molecule has 9 heteroatoms. The van der Waals surface area contributed by atoms with E-state index < -0.39 is 36.1 Å².